The van der Waals surface area contributed by atoms with Crippen LogP contribution in [0.1, 0.15) is 58.4 Å². The molecule has 2 fully saturated rings. The zero-order valence-corrected chi connectivity index (χ0v) is 15.6. The summed E-state index contributed by atoms with van der Waals surface area (Å²) in [6.07, 6.45) is 10.2. The summed E-state index contributed by atoms with van der Waals surface area (Å²) in [5, 5.41) is 1.02. The maximum Gasteiger partial charge on any atom is 0.123 e. The number of nitrogens with zero attached hydrogens (tertiary/aromatic N) is 2. The minimum atomic E-state index is -0.142. The Morgan fingerprint density at radius 2 is 1.64 bits per heavy atom. The molecule has 2 nitrogen and oxygen atoms in total. The summed E-state index contributed by atoms with van der Waals surface area (Å²) in [6.45, 7) is 7.18. The molecule has 1 saturated heterocycles. The normalized spacial score (nSPS) is 26.6. The molecular formula is C22H31FN2. The molecule has 0 unspecified atom stereocenters. The minimum absolute atomic E-state index is 0.142. The van der Waals surface area contributed by atoms with Crippen molar-refractivity contribution in [2.24, 2.45) is 11.8 Å². The molecule has 1 aliphatic heterocycles. The number of aromatic nitrogens is 1. The van der Waals surface area contributed by atoms with E-state index in [4.69, 9.17) is 0 Å². The highest BCUT2D eigenvalue weighted by molar-refractivity contribution is 5.80. The van der Waals surface area contributed by atoms with Crippen molar-refractivity contribution in [1.82, 2.24) is 9.47 Å². The van der Waals surface area contributed by atoms with E-state index < -0.39 is 0 Å². The molecule has 0 amide bonds. The molecule has 0 atom stereocenters. The van der Waals surface area contributed by atoms with Crippen LogP contribution in [0, 0.1) is 17.7 Å². The molecule has 3 heteroatoms. The lowest BCUT2D eigenvalue weighted by atomic mass is 9.79. The first-order chi connectivity index (χ1) is 12.1. The highest BCUT2D eigenvalue weighted by atomic mass is 19.1. The van der Waals surface area contributed by atoms with Crippen molar-refractivity contribution in [3.63, 3.8) is 0 Å². The van der Waals surface area contributed by atoms with Gasteiger partial charge in [-0.2, -0.15) is 0 Å². The third-order valence-electron chi connectivity index (χ3n) is 6.78. The van der Waals surface area contributed by atoms with Gasteiger partial charge >= 0.3 is 0 Å². The molecule has 136 valence electrons. The fourth-order valence-corrected chi connectivity index (χ4v) is 5.12. The van der Waals surface area contributed by atoms with Crippen LogP contribution in [0.2, 0.25) is 0 Å². The first-order valence-electron chi connectivity index (χ1n) is 10.1. The molecular weight excluding hydrogens is 311 g/mol. The fraction of sp³-hybridized carbons (Fsp3) is 0.636. The predicted octanol–water partition coefficient (Wildman–Crippen LogP) is 5.63. The number of fused-ring (bicyclic) bond motifs is 1. The molecule has 2 aliphatic rings. The Labute approximate surface area is 151 Å². The van der Waals surface area contributed by atoms with E-state index in [2.05, 4.69) is 35.6 Å². The average molecular weight is 343 g/mol. The van der Waals surface area contributed by atoms with Crippen LogP contribution in [0.25, 0.3) is 10.9 Å². The van der Waals surface area contributed by atoms with E-state index in [1.165, 1.54) is 57.1 Å². The molecule has 1 aromatic carbocycles. The molecule has 0 bridgehead atoms. The van der Waals surface area contributed by atoms with Crippen LogP contribution in [-0.2, 0) is 0 Å². The van der Waals surface area contributed by atoms with Crippen LogP contribution >= 0.6 is 0 Å². The van der Waals surface area contributed by atoms with Crippen LogP contribution in [0.4, 0.5) is 4.39 Å². The third kappa shape index (κ3) is 3.48. The Bertz CT molecular complexity index is 704. The number of piperidine rings is 1. The van der Waals surface area contributed by atoms with Crippen LogP contribution in [0.3, 0.4) is 0 Å². The molecule has 2 heterocycles. The molecule has 4 rings (SSSR count). The predicted molar refractivity (Wildman–Crippen MR) is 102 cm³/mol. The van der Waals surface area contributed by atoms with Gasteiger partial charge in [-0.3, -0.25) is 0 Å². The Morgan fingerprint density at radius 1 is 0.920 bits per heavy atom. The summed E-state index contributed by atoms with van der Waals surface area (Å²) >= 11 is 0. The first kappa shape index (κ1) is 17.1. The van der Waals surface area contributed by atoms with E-state index >= 15 is 0 Å². The van der Waals surface area contributed by atoms with E-state index in [0.717, 1.165) is 23.3 Å². The van der Waals surface area contributed by atoms with Gasteiger partial charge in [-0.05, 0) is 74.6 Å². The molecule has 0 radical (unpaired) electrons. The lowest BCUT2D eigenvalue weighted by molar-refractivity contribution is 0.0894. The Balaban J connectivity index is 1.37. The number of halogens is 1. The molecule has 1 saturated carbocycles. The molecule has 25 heavy (non-hydrogen) atoms. The summed E-state index contributed by atoms with van der Waals surface area (Å²) in [6, 6.07) is 8.59. The quantitative estimate of drug-likeness (QED) is 0.701. The van der Waals surface area contributed by atoms with Crippen molar-refractivity contribution < 1.29 is 4.39 Å². The molecule has 1 aliphatic carbocycles. The van der Waals surface area contributed by atoms with Gasteiger partial charge in [0, 0.05) is 42.3 Å². The topological polar surface area (TPSA) is 8.17 Å². The van der Waals surface area contributed by atoms with Crippen molar-refractivity contribution in [3.8, 4) is 0 Å². The number of hydrogen-bond acceptors (Lipinski definition) is 1. The van der Waals surface area contributed by atoms with Gasteiger partial charge in [0.05, 0.1) is 0 Å². The largest absolute Gasteiger partial charge is 0.344 e. The molecule has 0 N–H and O–H groups in total. The van der Waals surface area contributed by atoms with E-state index in [9.17, 15) is 4.39 Å². The maximum atomic E-state index is 13.4. The lowest BCUT2D eigenvalue weighted by Gasteiger charge is -2.42. The van der Waals surface area contributed by atoms with Crippen molar-refractivity contribution in [2.45, 2.75) is 64.5 Å². The van der Waals surface area contributed by atoms with E-state index in [1.54, 1.807) is 12.1 Å². The average Bonchev–Trinajstić information content (AvgIpc) is 3.05. The van der Waals surface area contributed by atoms with Crippen molar-refractivity contribution >= 4 is 10.9 Å². The van der Waals surface area contributed by atoms with Crippen LogP contribution in [0.5, 0.6) is 0 Å². The first-order valence-corrected chi connectivity index (χ1v) is 10.1. The summed E-state index contributed by atoms with van der Waals surface area (Å²) in [7, 11) is 0. The Kier molecular flexibility index (Phi) is 4.86. The highest BCUT2D eigenvalue weighted by Crippen LogP contribution is 2.35. The van der Waals surface area contributed by atoms with Gasteiger partial charge in [-0.1, -0.05) is 13.8 Å². The smallest absolute Gasteiger partial charge is 0.123 e. The number of hydrogen-bond donors (Lipinski definition) is 0. The van der Waals surface area contributed by atoms with Gasteiger partial charge < -0.3 is 9.47 Å². The highest BCUT2D eigenvalue weighted by Gasteiger charge is 2.30. The Hall–Kier alpha value is -1.35. The monoisotopic (exact) mass is 342 g/mol. The summed E-state index contributed by atoms with van der Waals surface area (Å²) in [5.74, 6) is 1.65. The molecule has 2 aromatic rings. The maximum absolute atomic E-state index is 13.4. The van der Waals surface area contributed by atoms with E-state index in [1.807, 2.05) is 6.07 Å². The van der Waals surface area contributed by atoms with Crippen LogP contribution in [-0.4, -0.2) is 28.6 Å². The van der Waals surface area contributed by atoms with Gasteiger partial charge in [0.1, 0.15) is 5.82 Å². The van der Waals surface area contributed by atoms with Gasteiger partial charge in [-0.25, -0.2) is 4.39 Å². The second-order valence-corrected chi connectivity index (χ2v) is 8.51. The standard InChI is InChI=1S/C22H31FN2/c1-16(2)17-3-6-20(7-4-17)24-12-10-21(11-13-24)25-14-9-18-15-19(23)5-8-22(18)25/h5,8-9,14-17,20-21H,3-4,6-7,10-13H2,1-2H3. The lowest BCUT2D eigenvalue weighted by Crippen LogP contribution is -2.43. The number of rotatable bonds is 3. The van der Waals surface area contributed by atoms with Crippen molar-refractivity contribution in [3.05, 3.63) is 36.3 Å². The second-order valence-electron chi connectivity index (χ2n) is 8.51. The van der Waals surface area contributed by atoms with E-state index in [0.29, 0.717) is 6.04 Å². The van der Waals surface area contributed by atoms with E-state index in [-0.39, 0.29) is 5.82 Å². The molecule has 0 spiro atoms. The van der Waals surface area contributed by atoms with Crippen LogP contribution in [0.15, 0.2) is 30.5 Å². The van der Waals surface area contributed by atoms with Crippen molar-refractivity contribution in [2.75, 3.05) is 13.1 Å². The van der Waals surface area contributed by atoms with Gasteiger partial charge in [0.2, 0.25) is 0 Å². The number of benzene rings is 1. The SMILES string of the molecule is CC(C)C1CCC(N2CCC(n3ccc4cc(F)ccc43)CC2)CC1. The van der Waals surface area contributed by atoms with Crippen LogP contribution < -0.4 is 0 Å². The summed E-state index contributed by atoms with van der Waals surface area (Å²) in [4.78, 5) is 2.75. The zero-order valence-electron chi connectivity index (χ0n) is 15.6. The van der Waals surface area contributed by atoms with Crippen molar-refractivity contribution in [1.29, 1.82) is 0 Å². The fourth-order valence-electron chi connectivity index (χ4n) is 5.12. The Morgan fingerprint density at radius 3 is 2.32 bits per heavy atom. The summed E-state index contributed by atoms with van der Waals surface area (Å²) < 4.78 is 15.8. The summed E-state index contributed by atoms with van der Waals surface area (Å²) in [5.41, 5.74) is 1.18. The second kappa shape index (κ2) is 7.11. The third-order valence-corrected chi connectivity index (χ3v) is 6.78. The molecule has 1 aromatic heterocycles. The van der Waals surface area contributed by atoms with Gasteiger partial charge in [-0.15, -0.1) is 0 Å². The minimum Gasteiger partial charge on any atom is -0.344 e. The zero-order chi connectivity index (χ0) is 17.4. The van der Waals surface area contributed by atoms with Gasteiger partial charge in [0.15, 0.2) is 0 Å². The van der Waals surface area contributed by atoms with Gasteiger partial charge in [0.25, 0.3) is 0 Å². The number of likely N-dealkylation sites (tertiary alicyclic amines) is 1.